The molecule has 0 aliphatic heterocycles. The molecule has 1 aliphatic carbocycles. The molecule has 3 nitrogen and oxygen atoms in total. The van der Waals surface area contributed by atoms with E-state index in [0.717, 1.165) is 0 Å². The van der Waals surface area contributed by atoms with E-state index in [1.54, 1.807) is 0 Å². The average Bonchev–Trinajstić information content (AvgIpc) is 2.40. The zero-order chi connectivity index (χ0) is 15.2. The summed E-state index contributed by atoms with van der Waals surface area (Å²) >= 11 is 0. The van der Waals surface area contributed by atoms with Gasteiger partial charge in [-0.05, 0) is 37.5 Å². The van der Waals surface area contributed by atoms with Crippen molar-refractivity contribution >= 4 is 5.97 Å². The van der Waals surface area contributed by atoms with Crippen LogP contribution in [-0.2, 0) is 14.3 Å². The topological polar surface area (TPSA) is 35.5 Å². The Kier molecular flexibility index (Phi) is 6.74. The maximum absolute atomic E-state index is 11.0. The van der Waals surface area contributed by atoms with Crippen molar-refractivity contribution in [2.24, 2.45) is 17.3 Å². The van der Waals surface area contributed by atoms with E-state index >= 15 is 0 Å². The second-order valence-electron chi connectivity index (χ2n) is 7.00. The third-order valence-electron chi connectivity index (χ3n) is 4.23. The highest BCUT2D eigenvalue weighted by Gasteiger charge is 2.31. The van der Waals surface area contributed by atoms with Crippen LogP contribution in [-0.4, -0.2) is 25.3 Å². The Bertz CT molecular complexity index is 322. The molecular weight excluding hydrogens is 252 g/mol. The highest BCUT2D eigenvalue weighted by molar-refractivity contribution is 5.81. The van der Waals surface area contributed by atoms with Gasteiger partial charge in [-0.15, -0.1) is 0 Å². The van der Waals surface area contributed by atoms with Gasteiger partial charge in [-0.3, -0.25) is 0 Å². The summed E-state index contributed by atoms with van der Waals surface area (Å²) in [5.74, 6) is 0.513. The summed E-state index contributed by atoms with van der Waals surface area (Å²) in [5.41, 5.74) is 0.450. The van der Waals surface area contributed by atoms with Crippen LogP contribution in [0.15, 0.2) is 12.7 Å². The van der Waals surface area contributed by atoms with Gasteiger partial charge in [0.15, 0.2) is 0 Å². The van der Waals surface area contributed by atoms with Gasteiger partial charge in [0, 0.05) is 12.0 Å². The monoisotopic (exact) mass is 282 g/mol. The molecule has 0 saturated heterocycles. The van der Waals surface area contributed by atoms with E-state index in [1.807, 2.05) is 6.92 Å². The first-order valence-corrected chi connectivity index (χ1v) is 7.75. The minimum atomic E-state index is -0.362. The normalized spacial score (nSPS) is 24.7. The van der Waals surface area contributed by atoms with Crippen LogP contribution in [0.1, 0.15) is 53.4 Å². The molecule has 0 N–H and O–H groups in total. The van der Waals surface area contributed by atoms with E-state index in [2.05, 4.69) is 27.4 Å². The van der Waals surface area contributed by atoms with E-state index < -0.39 is 0 Å². The Balaban J connectivity index is 2.26. The largest absolute Gasteiger partial charge is 0.462 e. The lowest BCUT2D eigenvalue weighted by Crippen LogP contribution is -2.32. The van der Waals surface area contributed by atoms with Gasteiger partial charge in [0.2, 0.25) is 0 Å². The summed E-state index contributed by atoms with van der Waals surface area (Å²) in [6.07, 6.45) is 6.62. The maximum atomic E-state index is 11.0. The predicted octanol–water partition coefficient (Wildman–Crippen LogP) is 3.97. The quantitative estimate of drug-likeness (QED) is 0.523. The first-order valence-electron chi connectivity index (χ1n) is 7.75. The van der Waals surface area contributed by atoms with E-state index in [-0.39, 0.29) is 18.0 Å². The zero-order valence-electron chi connectivity index (χ0n) is 13.5. The number of hydrogen-bond donors (Lipinski definition) is 0. The van der Waals surface area contributed by atoms with Gasteiger partial charge in [-0.1, -0.05) is 33.8 Å². The van der Waals surface area contributed by atoms with Crippen LogP contribution in [0.3, 0.4) is 0 Å². The molecule has 1 saturated carbocycles. The fourth-order valence-electron chi connectivity index (χ4n) is 2.94. The number of hydrogen-bond acceptors (Lipinski definition) is 3. The van der Waals surface area contributed by atoms with Gasteiger partial charge in [-0.2, -0.15) is 0 Å². The van der Waals surface area contributed by atoms with E-state index in [0.29, 0.717) is 24.5 Å². The summed E-state index contributed by atoms with van der Waals surface area (Å²) in [5, 5.41) is 0. The fourth-order valence-corrected chi connectivity index (χ4v) is 2.94. The standard InChI is InChI=1S/C17H30O3/c1-6-16(18)20-12-13(2)11-19-14(3)15-8-7-9-17(4,5)10-15/h6,13-15H,1,7-12H2,2-5H3. The molecule has 3 atom stereocenters. The van der Waals surface area contributed by atoms with Crippen molar-refractivity contribution in [3.63, 3.8) is 0 Å². The van der Waals surface area contributed by atoms with Crippen molar-refractivity contribution in [3.8, 4) is 0 Å². The lowest BCUT2D eigenvalue weighted by atomic mass is 9.71. The van der Waals surface area contributed by atoms with Crippen molar-refractivity contribution in [2.75, 3.05) is 13.2 Å². The summed E-state index contributed by atoms with van der Waals surface area (Å²) < 4.78 is 11.0. The Morgan fingerprint density at radius 1 is 1.40 bits per heavy atom. The van der Waals surface area contributed by atoms with Gasteiger partial charge in [0.05, 0.1) is 19.3 Å². The van der Waals surface area contributed by atoms with Crippen LogP contribution in [0, 0.1) is 17.3 Å². The Hall–Kier alpha value is -0.830. The molecule has 0 bridgehead atoms. The molecule has 116 valence electrons. The van der Waals surface area contributed by atoms with E-state index in [4.69, 9.17) is 9.47 Å². The van der Waals surface area contributed by atoms with Crippen LogP contribution in [0.5, 0.6) is 0 Å². The molecule has 3 unspecified atom stereocenters. The second kappa shape index (κ2) is 7.82. The molecule has 0 amide bonds. The van der Waals surface area contributed by atoms with Gasteiger partial charge < -0.3 is 9.47 Å². The Morgan fingerprint density at radius 2 is 2.10 bits per heavy atom. The number of carbonyl (C=O) groups excluding carboxylic acids is 1. The van der Waals surface area contributed by atoms with Crippen molar-refractivity contribution in [2.45, 2.75) is 59.5 Å². The molecule has 0 aromatic heterocycles. The molecule has 1 rings (SSSR count). The minimum absolute atomic E-state index is 0.220. The van der Waals surface area contributed by atoms with Gasteiger partial charge in [-0.25, -0.2) is 4.79 Å². The van der Waals surface area contributed by atoms with Crippen molar-refractivity contribution in [1.29, 1.82) is 0 Å². The fraction of sp³-hybridized carbons (Fsp3) is 0.824. The number of esters is 1. The van der Waals surface area contributed by atoms with Crippen LogP contribution in [0.25, 0.3) is 0 Å². The van der Waals surface area contributed by atoms with Crippen LogP contribution in [0.2, 0.25) is 0 Å². The highest BCUT2D eigenvalue weighted by atomic mass is 16.5. The van der Waals surface area contributed by atoms with Gasteiger partial charge >= 0.3 is 5.97 Å². The van der Waals surface area contributed by atoms with Crippen molar-refractivity contribution in [3.05, 3.63) is 12.7 Å². The molecular formula is C17H30O3. The molecule has 3 heteroatoms. The molecule has 0 aromatic rings. The van der Waals surface area contributed by atoms with Gasteiger partial charge in [0.1, 0.15) is 0 Å². The van der Waals surface area contributed by atoms with Gasteiger partial charge in [0.25, 0.3) is 0 Å². The second-order valence-corrected chi connectivity index (χ2v) is 7.00. The molecule has 0 aromatic carbocycles. The lowest BCUT2D eigenvalue weighted by molar-refractivity contribution is -0.139. The minimum Gasteiger partial charge on any atom is -0.462 e. The Morgan fingerprint density at radius 3 is 2.70 bits per heavy atom. The first-order chi connectivity index (χ1) is 9.34. The molecule has 1 aliphatic rings. The Labute approximate surface area is 123 Å². The maximum Gasteiger partial charge on any atom is 0.330 e. The van der Waals surface area contributed by atoms with E-state index in [1.165, 1.54) is 31.8 Å². The number of ether oxygens (including phenoxy) is 2. The summed E-state index contributed by atoms with van der Waals surface area (Å²) in [7, 11) is 0. The summed E-state index contributed by atoms with van der Waals surface area (Å²) in [6, 6.07) is 0. The first kappa shape index (κ1) is 17.2. The summed E-state index contributed by atoms with van der Waals surface area (Å²) in [6.45, 7) is 13.3. The molecule has 0 heterocycles. The molecule has 0 spiro atoms. The average molecular weight is 282 g/mol. The third-order valence-corrected chi connectivity index (χ3v) is 4.23. The predicted molar refractivity (Wildman–Crippen MR) is 81.5 cm³/mol. The van der Waals surface area contributed by atoms with E-state index in [9.17, 15) is 4.79 Å². The number of carbonyl (C=O) groups is 1. The van der Waals surface area contributed by atoms with Crippen LogP contribution >= 0.6 is 0 Å². The van der Waals surface area contributed by atoms with Crippen LogP contribution in [0.4, 0.5) is 0 Å². The highest BCUT2D eigenvalue weighted by Crippen LogP contribution is 2.40. The molecule has 1 fully saturated rings. The zero-order valence-corrected chi connectivity index (χ0v) is 13.5. The summed E-state index contributed by atoms with van der Waals surface area (Å²) in [4.78, 5) is 11.0. The SMILES string of the molecule is C=CC(=O)OCC(C)COC(C)C1CCCC(C)(C)C1. The lowest BCUT2D eigenvalue weighted by Gasteiger charge is -2.38. The third kappa shape index (κ3) is 6.08. The van der Waals surface area contributed by atoms with Crippen molar-refractivity contribution in [1.82, 2.24) is 0 Å². The molecule has 20 heavy (non-hydrogen) atoms. The van der Waals surface area contributed by atoms with Crippen molar-refractivity contribution < 1.29 is 14.3 Å². The smallest absolute Gasteiger partial charge is 0.330 e. The van der Waals surface area contributed by atoms with Crippen LogP contribution < -0.4 is 0 Å². The number of rotatable bonds is 7. The molecule has 0 radical (unpaired) electrons.